The van der Waals surface area contributed by atoms with Crippen molar-refractivity contribution < 1.29 is 0 Å². The standard InChI is InChI=1S/C7H9BrN2S/c1-2-11-7-4-5(9)3-6(8)10-7/h3-4H,2H2,1H3,(H2,9,10). The van der Waals surface area contributed by atoms with E-state index in [1.807, 2.05) is 6.07 Å². The fourth-order valence-corrected chi connectivity index (χ4v) is 1.96. The van der Waals surface area contributed by atoms with Gasteiger partial charge in [-0.1, -0.05) is 6.92 Å². The molecule has 2 N–H and O–H groups in total. The third kappa shape index (κ3) is 2.71. The van der Waals surface area contributed by atoms with Gasteiger partial charge in [-0.2, -0.15) is 0 Å². The molecule has 0 spiro atoms. The monoisotopic (exact) mass is 232 g/mol. The number of nitrogens with two attached hydrogens (primary N) is 1. The van der Waals surface area contributed by atoms with Crippen LogP contribution in [-0.4, -0.2) is 10.7 Å². The summed E-state index contributed by atoms with van der Waals surface area (Å²) >= 11 is 4.96. The third-order valence-electron chi connectivity index (χ3n) is 1.09. The second-order valence-electron chi connectivity index (χ2n) is 1.99. The maximum absolute atomic E-state index is 5.61. The highest BCUT2D eigenvalue weighted by atomic mass is 79.9. The largest absolute Gasteiger partial charge is 0.399 e. The summed E-state index contributed by atoms with van der Waals surface area (Å²) in [7, 11) is 0. The van der Waals surface area contributed by atoms with Crippen LogP contribution in [0, 0.1) is 0 Å². The van der Waals surface area contributed by atoms with Crippen LogP contribution in [0.25, 0.3) is 0 Å². The van der Waals surface area contributed by atoms with E-state index in [4.69, 9.17) is 5.73 Å². The summed E-state index contributed by atoms with van der Waals surface area (Å²) in [4.78, 5) is 4.22. The lowest BCUT2D eigenvalue weighted by Gasteiger charge is -1.99. The molecule has 2 nitrogen and oxygen atoms in total. The second kappa shape index (κ2) is 3.97. The predicted molar refractivity (Wildman–Crippen MR) is 52.7 cm³/mol. The van der Waals surface area contributed by atoms with Crippen molar-refractivity contribution >= 4 is 33.4 Å². The van der Waals surface area contributed by atoms with Crippen molar-refractivity contribution in [3.05, 3.63) is 16.7 Å². The van der Waals surface area contributed by atoms with E-state index in [0.29, 0.717) is 0 Å². The van der Waals surface area contributed by atoms with E-state index in [9.17, 15) is 0 Å². The molecule has 0 saturated heterocycles. The molecular weight excluding hydrogens is 224 g/mol. The zero-order valence-corrected chi connectivity index (χ0v) is 8.58. The van der Waals surface area contributed by atoms with E-state index in [-0.39, 0.29) is 0 Å². The summed E-state index contributed by atoms with van der Waals surface area (Å²) in [5.74, 6) is 1.02. The van der Waals surface area contributed by atoms with Crippen molar-refractivity contribution in [2.45, 2.75) is 11.9 Å². The second-order valence-corrected chi connectivity index (χ2v) is 4.09. The molecule has 0 aliphatic carbocycles. The Hall–Kier alpha value is -0.220. The molecule has 11 heavy (non-hydrogen) atoms. The van der Waals surface area contributed by atoms with E-state index >= 15 is 0 Å². The average molecular weight is 233 g/mol. The number of thioether (sulfide) groups is 1. The fraction of sp³-hybridized carbons (Fsp3) is 0.286. The van der Waals surface area contributed by atoms with Crippen LogP contribution < -0.4 is 5.73 Å². The van der Waals surface area contributed by atoms with Gasteiger partial charge in [0.1, 0.15) is 4.60 Å². The highest BCUT2D eigenvalue weighted by Crippen LogP contribution is 2.20. The average Bonchev–Trinajstić information content (AvgIpc) is 1.85. The van der Waals surface area contributed by atoms with Crippen LogP contribution in [0.1, 0.15) is 6.92 Å². The van der Waals surface area contributed by atoms with Crippen LogP contribution in [-0.2, 0) is 0 Å². The number of anilines is 1. The highest BCUT2D eigenvalue weighted by molar-refractivity contribution is 9.10. The Morgan fingerprint density at radius 2 is 2.36 bits per heavy atom. The van der Waals surface area contributed by atoms with Gasteiger partial charge in [0, 0.05) is 5.69 Å². The first-order chi connectivity index (χ1) is 5.22. The van der Waals surface area contributed by atoms with Crippen molar-refractivity contribution in [3.63, 3.8) is 0 Å². The molecule has 0 amide bonds. The van der Waals surface area contributed by atoms with Gasteiger partial charge in [-0.25, -0.2) is 4.98 Å². The molecular formula is C7H9BrN2S. The van der Waals surface area contributed by atoms with Gasteiger partial charge in [-0.05, 0) is 33.8 Å². The molecule has 0 aromatic carbocycles. The summed E-state index contributed by atoms with van der Waals surface area (Å²) in [5, 5.41) is 0.972. The summed E-state index contributed by atoms with van der Waals surface area (Å²) in [6.45, 7) is 2.09. The van der Waals surface area contributed by atoms with Crippen molar-refractivity contribution in [1.82, 2.24) is 4.98 Å². The quantitative estimate of drug-likeness (QED) is 0.630. The van der Waals surface area contributed by atoms with Gasteiger partial charge in [0.05, 0.1) is 5.03 Å². The Bertz CT molecular complexity index is 232. The van der Waals surface area contributed by atoms with Crippen molar-refractivity contribution in [3.8, 4) is 0 Å². The van der Waals surface area contributed by atoms with Crippen molar-refractivity contribution in [1.29, 1.82) is 0 Å². The summed E-state index contributed by atoms with van der Waals surface area (Å²) in [6.07, 6.45) is 0. The number of hydrogen-bond acceptors (Lipinski definition) is 3. The van der Waals surface area contributed by atoms with Crippen LogP contribution in [0.3, 0.4) is 0 Å². The van der Waals surface area contributed by atoms with Crippen molar-refractivity contribution in [2.75, 3.05) is 11.5 Å². The van der Waals surface area contributed by atoms with E-state index in [2.05, 4.69) is 27.8 Å². The Morgan fingerprint density at radius 3 is 2.91 bits per heavy atom. The lowest BCUT2D eigenvalue weighted by molar-refractivity contribution is 1.10. The molecule has 0 saturated carbocycles. The van der Waals surface area contributed by atoms with E-state index in [1.54, 1.807) is 17.8 Å². The molecule has 0 radical (unpaired) electrons. The maximum atomic E-state index is 5.61. The van der Waals surface area contributed by atoms with Gasteiger partial charge in [-0.15, -0.1) is 11.8 Å². The molecule has 0 atom stereocenters. The SMILES string of the molecule is CCSc1cc(N)cc(Br)n1. The summed E-state index contributed by atoms with van der Waals surface area (Å²) < 4.78 is 0.799. The van der Waals surface area contributed by atoms with Gasteiger partial charge in [-0.3, -0.25) is 0 Å². The Morgan fingerprint density at radius 1 is 1.64 bits per heavy atom. The summed E-state index contributed by atoms with van der Waals surface area (Å²) in [6, 6.07) is 3.67. The minimum Gasteiger partial charge on any atom is -0.399 e. The topological polar surface area (TPSA) is 38.9 Å². The zero-order chi connectivity index (χ0) is 8.27. The zero-order valence-electron chi connectivity index (χ0n) is 6.17. The van der Waals surface area contributed by atoms with Crippen LogP contribution in [0.5, 0.6) is 0 Å². The normalized spacial score (nSPS) is 10.0. The van der Waals surface area contributed by atoms with E-state index in [1.165, 1.54) is 0 Å². The predicted octanol–water partition coefficient (Wildman–Crippen LogP) is 2.54. The minimum atomic E-state index is 0.753. The lowest BCUT2D eigenvalue weighted by atomic mass is 10.4. The number of nitrogen functional groups attached to an aromatic ring is 1. The molecule has 1 aromatic heterocycles. The van der Waals surface area contributed by atoms with E-state index in [0.717, 1.165) is 21.1 Å². The number of rotatable bonds is 2. The van der Waals surface area contributed by atoms with Gasteiger partial charge in [0.25, 0.3) is 0 Å². The Balaban J connectivity index is 2.89. The number of halogens is 1. The first kappa shape index (κ1) is 8.87. The maximum Gasteiger partial charge on any atom is 0.109 e. The molecule has 1 rings (SSSR count). The molecule has 0 bridgehead atoms. The fourth-order valence-electron chi connectivity index (χ4n) is 0.713. The summed E-state index contributed by atoms with van der Waals surface area (Å²) in [5.41, 5.74) is 6.36. The number of hydrogen-bond donors (Lipinski definition) is 1. The number of aromatic nitrogens is 1. The van der Waals surface area contributed by atoms with Gasteiger partial charge in [0.2, 0.25) is 0 Å². The third-order valence-corrected chi connectivity index (χ3v) is 2.28. The minimum absolute atomic E-state index is 0.753. The van der Waals surface area contributed by atoms with Crippen molar-refractivity contribution in [2.24, 2.45) is 0 Å². The van der Waals surface area contributed by atoms with Crippen LogP contribution in [0.15, 0.2) is 21.8 Å². The molecule has 0 unspecified atom stereocenters. The van der Waals surface area contributed by atoms with Crippen LogP contribution >= 0.6 is 27.7 Å². The first-order valence-electron chi connectivity index (χ1n) is 3.28. The van der Waals surface area contributed by atoms with Crippen LogP contribution in [0.2, 0.25) is 0 Å². The first-order valence-corrected chi connectivity index (χ1v) is 5.06. The van der Waals surface area contributed by atoms with E-state index < -0.39 is 0 Å². The molecule has 0 aliphatic heterocycles. The smallest absolute Gasteiger partial charge is 0.109 e. The van der Waals surface area contributed by atoms with Gasteiger partial charge >= 0.3 is 0 Å². The van der Waals surface area contributed by atoms with Gasteiger partial charge < -0.3 is 5.73 Å². The molecule has 0 aliphatic rings. The molecule has 60 valence electrons. The lowest BCUT2D eigenvalue weighted by Crippen LogP contribution is -1.88. The molecule has 0 fully saturated rings. The van der Waals surface area contributed by atoms with Gasteiger partial charge in [0.15, 0.2) is 0 Å². The number of nitrogens with zero attached hydrogens (tertiary/aromatic N) is 1. The Kier molecular flexibility index (Phi) is 3.20. The number of pyridine rings is 1. The molecule has 4 heteroatoms. The molecule has 1 heterocycles. The Labute approximate surface area is 78.7 Å². The molecule has 1 aromatic rings. The van der Waals surface area contributed by atoms with Crippen LogP contribution in [0.4, 0.5) is 5.69 Å². The highest BCUT2D eigenvalue weighted by Gasteiger charge is 1.96.